The second-order valence-corrected chi connectivity index (χ2v) is 4.43. The van der Waals surface area contributed by atoms with E-state index in [4.69, 9.17) is 9.84 Å². The van der Waals surface area contributed by atoms with Crippen LogP contribution >= 0.6 is 0 Å². The van der Waals surface area contributed by atoms with Gasteiger partial charge in [-0.1, -0.05) is 0 Å². The van der Waals surface area contributed by atoms with Crippen molar-refractivity contribution >= 4 is 12.1 Å². The molecule has 5 heteroatoms. The minimum absolute atomic E-state index is 0.0426. The summed E-state index contributed by atoms with van der Waals surface area (Å²) < 4.78 is 4.72. The van der Waals surface area contributed by atoms with E-state index in [1.165, 1.54) is 12.0 Å². The molecule has 0 aromatic heterocycles. The topological polar surface area (TPSA) is 66.8 Å². The van der Waals surface area contributed by atoms with Crippen molar-refractivity contribution < 1.29 is 19.4 Å². The van der Waals surface area contributed by atoms with Gasteiger partial charge >= 0.3 is 12.1 Å². The number of ether oxygens (including phenoxy) is 1. The SMILES string of the molecule is COC(=O)C(C)(C)C1CCN(C(=O)O)C1. The van der Waals surface area contributed by atoms with Gasteiger partial charge in [0.05, 0.1) is 12.5 Å². The van der Waals surface area contributed by atoms with E-state index in [1.807, 2.05) is 0 Å². The highest BCUT2D eigenvalue weighted by Crippen LogP contribution is 2.35. The monoisotopic (exact) mass is 215 g/mol. The van der Waals surface area contributed by atoms with E-state index in [-0.39, 0.29) is 11.9 Å². The first-order chi connectivity index (χ1) is 6.89. The summed E-state index contributed by atoms with van der Waals surface area (Å²) in [5.74, 6) is -0.235. The molecular formula is C10H17NO4. The lowest BCUT2D eigenvalue weighted by Gasteiger charge is -2.28. The van der Waals surface area contributed by atoms with Gasteiger partial charge in [0.2, 0.25) is 0 Å². The Kier molecular flexibility index (Phi) is 3.21. The van der Waals surface area contributed by atoms with Crippen molar-refractivity contribution in [3.63, 3.8) is 0 Å². The smallest absolute Gasteiger partial charge is 0.407 e. The van der Waals surface area contributed by atoms with Crippen LogP contribution in [0.4, 0.5) is 4.79 Å². The molecule has 86 valence electrons. The number of hydrogen-bond acceptors (Lipinski definition) is 3. The third kappa shape index (κ3) is 2.22. The molecule has 1 aliphatic heterocycles. The molecule has 0 bridgehead atoms. The fourth-order valence-corrected chi connectivity index (χ4v) is 1.95. The number of carboxylic acid groups (broad SMARTS) is 1. The van der Waals surface area contributed by atoms with Gasteiger partial charge in [0.25, 0.3) is 0 Å². The van der Waals surface area contributed by atoms with Crippen molar-refractivity contribution in [1.82, 2.24) is 4.90 Å². The standard InChI is InChI=1S/C10H17NO4/c1-10(2,8(12)15-3)7-4-5-11(6-7)9(13)14/h7H,4-6H2,1-3H3,(H,13,14). The molecule has 1 atom stereocenters. The summed E-state index contributed by atoms with van der Waals surface area (Å²) in [7, 11) is 1.36. The predicted octanol–water partition coefficient (Wildman–Crippen LogP) is 1.19. The summed E-state index contributed by atoms with van der Waals surface area (Å²) in [6, 6.07) is 0. The van der Waals surface area contributed by atoms with Crippen LogP contribution in [0.1, 0.15) is 20.3 Å². The first-order valence-corrected chi connectivity index (χ1v) is 4.96. The van der Waals surface area contributed by atoms with E-state index in [2.05, 4.69) is 0 Å². The van der Waals surface area contributed by atoms with Gasteiger partial charge in [0, 0.05) is 13.1 Å². The molecule has 1 saturated heterocycles. The van der Waals surface area contributed by atoms with Gasteiger partial charge in [-0.3, -0.25) is 4.79 Å². The molecule has 1 aliphatic rings. The molecule has 0 aromatic rings. The minimum Gasteiger partial charge on any atom is -0.469 e. The number of esters is 1. The van der Waals surface area contributed by atoms with E-state index in [0.717, 1.165) is 0 Å². The van der Waals surface area contributed by atoms with E-state index in [0.29, 0.717) is 19.5 Å². The zero-order valence-electron chi connectivity index (χ0n) is 9.32. The molecule has 0 radical (unpaired) electrons. The lowest BCUT2D eigenvalue weighted by atomic mass is 9.78. The van der Waals surface area contributed by atoms with Crippen LogP contribution in [0, 0.1) is 11.3 Å². The van der Waals surface area contributed by atoms with Gasteiger partial charge in [0.15, 0.2) is 0 Å². The van der Waals surface area contributed by atoms with Crippen molar-refractivity contribution in [3.8, 4) is 0 Å². The predicted molar refractivity (Wildman–Crippen MR) is 53.5 cm³/mol. The first kappa shape index (κ1) is 11.8. The first-order valence-electron chi connectivity index (χ1n) is 4.96. The van der Waals surface area contributed by atoms with Crippen molar-refractivity contribution in [2.45, 2.75) is 20.3 Å². The average Bonchev–Trinajstić information content (AvgIpc) is 2.65. The maximum Gasteiger partial charge on any atom is 0.407 e. The normalized spacial score (nSPS) is 21.5. The summed E-state index contributed by atoms with van der Waals surface area (Å²) >= 11 is 0. The molecule has 1 heterocycles. The van der Waals surface area contributed by atoms with Crippen molar-refractivity contribution in [3.05, 3.63) is 0 Å². The Labute approximate surface area is 89.0 Å². The second kappa shape index (κ2) is 4.08. The Bertz CT molecular complexity index is 275. The highest BCUT2D eigenvalue weighted by atomic mass is 16.5. The van der Waals surface area contributed by atoms with Gasteiger partial charge in [0.1, 0.15) is 0 Å². The maximum absolute atomic E-state index is 11.5. The van der Waals surface area contributed by atoms with Crippen molar-refractivity contribution in [2.75, 3.05) is 20.2 Å². The van der Waals surface area contributed by atoms with E-state index in [9.17, 15) is 9.59 Å². The lowest BCUT2D eigenvalue weighted by Crippen LogP contribution is -2.36. The molecule has 1 rings (SSSR count). The highest BCUT2D eigenvalue weighted by Gasteiger charge is 2.42. The largest absolute Gasteiger partial charge is 0.469 e. The van der Waals surface area contributed by atoms with Crippen LogP contribution in [-0.2, 0) is 9.53 Å². The number of amides is 1. The number of hydrogen-bond donors (Lipinski definition) is 1. The zero-order valence-corrected chi connectivity index (χ0v) is 9.32. The fourth-order valence-electron chi connectivity index (χ4n) is 1.95. The van der Waals surface area contributed by atoms with E-state index in [1.54, 1.807) is 13.8 Å². The van der Waals surface area contributed by atoms with Crippen molar-refractivity contribution in [2.24, 2.45) is 11.3 Å². The Morgan fingerprint density at radius 1 is 1.47 bits per heavy atom. The number of carbonyl (C=O) groups is 2. The summed E-state index contributed by atoms with van der Waals surface area (Å²) in [5, 5.41) is 8.80. The van der Waals surface area contributed by atoms with Crippen molar-refractivity contribution in [1.29, 1.82) is 0 Å². The van der Waals surface area contributed by atoms with Crippen LogP contribution in [0.15, 0.2) is 0 Å². The van der Waals surface area contributed by atoms with Crippen LogP contribution < -0.4 is 0 Å². The van der Waals surface area contributed by atoms with Crippen LogP contribution in [0.5, 0.6) is 0 Å². The van der Waals surface area contributed by atoms with E-state index >= 15 is 0 Å². The molecule has 1 amide bonds. The van der Waals surface area contributed by atoms with Crippen LogP contribution in [0.3, 0.4) is 0 Å². The summed E-state index contributed by atoms with van der Waals surface area (Å²) in [5.41, 5.74) is -0.612. The Hall–Kier alpha value is -1.26. The zero-order chi connectivity index (χ0) is 11.6. The third-order valence-electron chi connectivity index (χ3n) is 3.19. The Balaban J connectivity index is 2.67. The number of likely N-dealkylation sites (tertiary alicyclic amines) is 1. The number of nitrogens with zero attached hydrogens (tertiary/aromatic N) is 1. The number of methoxy groups -OCH3 is 1. The minimum atomic E-state index is -0.918. The van der Waals surface area contributed by atoms with Gasteiger partial charge < -0.3 is 14.7 Å². The second-order valence-electron chi connectivity index (χ2n) is 4.43. The molecule has 0 saturated carbocycles. The molecular weight excluding hydrogens is 198 g/mol. The van der Waals surface area contributed by atoms with Crippen LogP contribution in [0.25, 0.3) is 0 Å². The van der Waals surface area contributed by atoms with Gasteiger partial charge in [-0.25, -0.2) is 4.79 Å². The molecule has 0 spiro atoms. The molecule has 1 unspecified atom stereocenters. The quantitative estimate of drug-likeness (QED) is 0.702. The number of rotatable bonds is 2. The Morgan fingerprint density at radius 3 is 2.47 bits per heavy atom. The Morgan fingerprint density at radius 2 is 2.07 bits per heavy atom. The van der Waals surface area contributed by atoms with Gasteiger partial charge in [-0.05, 0) is 26.2 Å². The van der Waals surface area contributed by atoms with Crippen LogP contribution in [0.2, 0.25) is 0 Å². The summed E-state index contributed by atoms with van der Waals surface area (Å²) in [6.45, 7) is 4.52. The molecule has 15 heavy (non-hydrogen) atoms. The number of carbonyl (C=O) groups excluding carboxylic acids is 1. The summed E-state index contributed by atoms with van der Waals surface area (Å²) in [6.07, 6.45) is -0.202. The van der Waals surface area contributed by atoms with E-state index < -0.39 is 11.5 Å². The van der Waals surface area contributed by atoms with Gasteiger partial charge in [-0.15, -0.1) is 0 Å². The third-order valence-corrected chi connectivity index (χ3v) is 3.19. The fraction of sp³-hybridized carbons (Fsp3) is 0.800. The van der Waals surface area contributed by atoms with Gasteiger partial charge in [-0.2, -0.15) is 0 Å². The average molecular weight is 215 g/mol. The molecule has 0 aliphatic carbocycles. The lowest BCUT2D eigenvalue weighted by molar-refractivity contribution is -0.153. The molecule has 1 fully saturated rings. The maximum atomic E-state index is 11.5. The molecule has 5 nitrogen and oxygen atoms in total. The van der Waals surface area contributed by atoms with Crippen LogP contribution in [-0.4, -0.2) is 42.3 Å². The molecule has 0 aromatic carbocycles. The molecule has 1 N–H and O–H groups in total. The highest BCUT2D eigenvalue weighted by molar-refractivity contribution is 5.76. The summed E-state index contributed by atoms with van der Waals surface area (Å²) in [4.78, 5) is 23.6.